The molecule has 11 heteroatoms. The molecular weight excluding hydrogens is 404 g/mol. The van der Waals surface area contributed by atoms with Crippen molar-refractivity contribution in [2.45, 2.75) is 31.8 Å². The van der Waals surface area contributed by atoms with Gasteiger partial charge in [0.2, 0.25) is 6.54 Å². The first kappa shape index (κ1) is 22.7. The van der Waals surface area contributed by atoms with Gasteiger partial charge in [-0.15, -0.1) is 0 Å². The van der Waals surface area contributed by atoms with E-state index in [9.17, 15) is 14.2 Å². The van der Waals surface area contributed by atoms with Crippen molar-refractivity contribution in [3.63, 3.8) is 0 Å². The predicted molar refractivity (Wildman–Crippen MR) is 108 cm³/mol. The van der Waals surface area contributed by atoms with Crippen LogP contribution in [-0.4, -0.2) is 54.9 Å². The van der Waals surface area contributed by atoms with Crippen LogP contribution in [0.2, 0.25) is 0 Å². The van der Waals surface area contributed by atoms with Crippen LogP contribution in [0.1, 0.15) is 18.2 Å². The molecule has 28 heavy (non-hydrogen) atoms. The molecule has 1 aromatic rings. The van der Waals surface area contributed by atoms with Crippen LogP contribution in [0.3, 0.4) is 0 Å². The standard InChI is InChI=1S/C17H25N3O6P2/c1-12-11-20(17(22)19-16(12)21)15-10-14(26-27(3)24-8-7-18-2)13(25-15)6-9-28(4,5)23/h6,9,11,13-15H,7-8,10H2,1,3-5H3,(H,19,21,22)/b9-6+/t13-,14-,15-,27?/m1/s1. The van der Waals surface area contributed by atoms with E-state index in [1.165, 1.54) is 10.8 Å². The highest BCUT2D eigenvalue weighted by atomic mass is 31.2. The summed E-state index contributed by atoms with van der Waals surface area (Å²) in [6.45, 7) is 14.0. The molecule has 1 unspecified atom stereocenters. The van der Waals surface area contributed by atoms with Crippen LogP contribution in [0.25, 0.3) is 4.85 Å². The van der Waals surface area contributed by atoms with Crippen LogP contribution in [0, 0.1) is 13.5 Å². The molecule has 1 aliphatic rings. The van der Waals surface area contributed by atoms with Crippen molar-refractivity contribution < 1.29 is 18.3 Å². The van der Waals surface area contributed by atoms with Crippen LogP contribution >= 0.6 is 15.5 Å². The fourth-order valence-electron chi connectivity index (χ4n) is 2.64. The molecule has 0 bridgehead atoms. The topological polar surface area (TPSA) is 104 Å². The Bertz CT molecular complexity index is 913. The van der Waals surface area contributed by atoms with Gasteiger partial charge in [0.05, 0.1) is 6.10 Å². The van der Waals surface area contributed by atoms with E-state index in [1.54, 1.807) is 38.8 Å². The number of rotatable bonds is 8. The van der Waals surface area contributed by atoms with Crippen molar-refractivity contribution in [1.82, 2.24) is 9.55 Å². The normalized spacial score (nSPS) is 23.8. The van der Waals surface area contributed by atoms with Gasteiger partial charge in [0.1, 0.15) is 26.1 Å². The minimum absolute atomic E-state index is 0.254. The molecule has 1 fully saturated rings. The molecular formula is C17H25N3O6P2. The highest BCUT2D eigenvalue weighted by molar-refractivity contribution is 7.65. The Balaban J connectivity index is 2.21. The van der Waals surface area contributed by atoms with Crippen molar-refractivity contribution in [2.24, 2.45) is 0 Å². The van der Waals surface area contributed by atoms with E-state index in [-0.39, 0.29) is 13.2 Å². The Labute approximate surface area is 164 Å². The zero-order valence-corrected chi connectivity index (χ0v) is 18.1. The molecule has 1 saturated heterocycles. The summed E-state index contributed by atoms with van der Waals surface area (Å²) in [6.07, 6.45) is 1.93. The maximum atomic E-state index is 12.2. The van der Waals surface area contributed by atoms with Crippen molar-refractivity contribution in [3.05, 3.63) is 55.9 Å². The lowest BCUT2D eigenvalue weighted by molar-refractivity contribution is 0.00775. The van der Waals surface area contributed by atoms with Crippen LogP contribution in [-0.2, 0) is 18.3 Å². The van der Waals surface area contributed by atoms with Gasteiger partial charge in [-0.3, -0.25) is 14.3 Å². The molecule has 0 aromatic carbocycles. The molecule has 0 amide bonds. The van der Waals surface area contributed by atoms with Crippen molar-refractivity contribution in [3.8, 4) is 0 Å². The Morgan fingerprint density at radius 2 is 2.21 bits per heavy atom. The smallest absolute Gasteiger partial charge is 0.330 e. The molecule has 0 radical (unpaired) electrons. The summed E-state index contributed by atoms with van der Waals surface area (Å²) >= 11 is 0. The number of aryl methyl sites for hydroxylation is 1. The van der Waals surface area contributed by atoms with E-state index in [0.29, 0.717) is 12.0 Å². The number of nitrogens with zero attached hydrogens (tertiary/aromatic N) is 2. The highest BCUT2D eigenvalue weighted by Gasteiger charge is 2.37. The van der Waals surface area contributed by atoms with Gasteiger partial charge in [-0.05, 0) is 32.1 Å². The Morgan fingerprint density at radius 1 is 1.50 bits per heavy atom. The summed E-state index contributed by atoms with van der Waals surface area (Å²) in [6, 6.07) is 0. The SMILES string of the molecule is [C-]#[N+]CCOP(C)O[C@@H]1C[C@H](n2cc(C)c(=O)[nH]c2=O)O[C@@H]1/C=C/P(C)(C)=O. The zero-order valence-electron chi connectivity index (χ0n) is 16.3. The fraction of sp³-hybridized carbons (Fsp3) is 0.588. The number of aromatic amines is 1. The van der Waals surface area contributed by atoms with Gasteiger partial charge in [-0.2, -0.15) is 0 Å². The van der Waals surface area contributed by atoms with Crippen LogP contribution < -0.4 is 11.2 Å². The molecule has 0 spiro atoms. The second-order valence-corrected chi connectivity index (χ2v) is 11.4. The molecule has 9 nitrogen and oxygen atoms in total. The monoisotopic (exact) mass is 429 g/mol. The molecule has 1 aliphatic heterocycles. The maximum absolute atomic E-state index is 12.2. The second kappa shape index (κ2) is 9.78. The van der Waals surface area contributed by atoms with Gasteiger partial charge < -0.3 is 23.2 Å². The summed E-state index contributed by atoms with van der Waals surface area (Å²) in [5, 5.41) is 0. The number of hydrogen-bond donors (Lipinski definition) is 1. The molecule has 0 saturated carbocycles. The van der Waals surface area contributed by atoms with E-state index < -0.39 is 45.2 Å². The summed E-state index contributed by atoms with van der Waals surface area (Å²) in [4.78, 5) is 29.3. The Kier molecular flexibility index (Phi) is 7.94. The van der Waals surface area contributed by atoms with Crippen LogP contribution in [0.15, 0.2) is 27.7 Å². The lowest BCUT2D eigenvalue weighted by atomic mass is 10.2. The number of nitrogens with one attached hydrogen (secondary N) is 1. The summed E-state index contributed by atoms with van der Waals surface area (Å²) < 4.78 is 30.8. The first-order valence-corrected chi connectivity index (χ1v) is 13.0. The van der Waals surface area contributed by atoms with Gasteiger partial charge in [-0.25, -0.2) is 11.4 Å². The molecule has 4 atom stereocenters. The first-order valence-electron chi connectivity index (χ1n) is 8.69. The minimum atomic E-state index is -2.41. The first-order chi connectivity index (χ1) is 13.1. The highest BCUT2D eigenvalue weighted by Crippen LogP contribution is 2.43. The van der Waals surface area contributed by atoms with Gasteiger partial charge in [0.25, 0.3) is 5.56 Å². The lowest BCUT2D eigenvalue weighted by Crippen LogP contribution is -2.33. The third-order valence-corrected chi connectivity index (χ3v) is 5.97. The largest absolute Gasteiger partial charge is 0.348 e. The van der Waals surface area contributed by atoms with Crippen molar-refractivity contribution >= 4 is 15.5 Å². The van der Waals surface area contributed by atoms with Crippen LogP contribution in [0.5, 0.6) is 0 Å². The Morgan fingerprint density at radius 3 is 2.86 bits per heavy atom. The molecule has 154 valence electrons. The van der Waals surface area contributed by atoms with E-state index >= 15 is 0 Å². The van der Waals surface area contributed by atoms with E-state index in [1.807, 2.05) is 0 Å². The number of ether oxygens (including phenoxy) is 1. The predicted octanol–water partition coefficient (Wildman–Crippen LogP) is 2.53. The third-order valence-electron chi connectivity index (χ3n) is 3.97. The van der Waals surface area contributed by atoms with E-state index in [0.717, 1.165) is 0 Å². The van der Waals surface area contributed by atoms with E-state index in [4.69, 9.17) is 20.4 Å². The fourth-order valence-corrected chi connectivity index (χ4v) is 4.21. The number of H-pyrrole nitrogens is 1. The zero-order chi connectivity index (χ0) is 20.9. The molecule has 0 aliphatic carbocycles. The third kappa shape index (κ3) is 6.51. The lowest BCUT2D eigenvalue weighted by Gasteiger charge is -2.20. The summed E-state index contributed by atoms with van der Waals surface area (Å²) in [5.74, 6) is 1.61. The average Bonchev–Trinajstić information content (AvgIpc) is 2.98. The number of aromatic nitrogens is 2. The van der Waals surface area contributed by atoms with Gasteiger partial charge in [0.15, 0.2) is 8.38 Å². The van der Waals surface area contributed by atoms with Gasteiger partial charge >= 0.3 is 5.69 Å². The van der Waals surface area contributed by atoms with Crippen molar-refractivity contribution in [1.29, 1.82) is 0 Å². The molecule has 2 rings (SSSR count). The van der Waals surface area contributed by atoms with E-state index in [2.05, 4.69) is 9.83 Å². The average molecular weight is 429 g/mol. The van der Waals surface area contributed by atoms with Crippen molar-refractivity contribution in [2.75, 3.05) is 33.1 Å². The maximum Gasteiger partial charge on any atom is 0.330 e. The number of hydrogen-bond acceptors (Lipinski definition) is 6. The minimum Gasteiger partial charge on any atom is -0.348 e. The van der Waals surface area contributed by atoms with Gasteiger partial charge in [0, 0.05) is 24.8 Å². The Hall–Kier alpha value is -1.55. The quantitative estimate of drug-likeness (QED) is 0.387. The summed E-state index contributed by atoms with van der Waals surface area (Å²) in [5.41, 5.74) is -0.606. The van der Waals surface area contributed by atoms with Gasteiger partial charge in [-0.1, -0.05) is 0 Å². The van der Waals surface area contributed by atoms with Crippen LogP contribution in [0.4, 0.5) is 0 Å². The second-order valence-electron chi connectivity index (χ2n) is 6.84. The molecule has 1 N–H and O–H groups in total. The molecule has 1 aromatic heterocycles. The molecule has 2 heterocycles. The summed E-state index contributed by atoms with van der Waals surface area (Å²) in [7, 11) is -3.65.